The van der Waals surface area contributed by atoms with Crippen LogP contribution >= 0.6 is 0 Å². The molecule has 0 radical (unpaired) electrons. The van der Waals surface area contributed by atoms with Gasteiger partial charge in [-0.3, -0.25) is 4.79 Å². The van der Waals surface area contributed by atoms with Crippen molar-refractivity contribution >= 4 is 11.4 Å². The second-order valence-corrected chi connectivity index (χ2v) is 11.0. The van der Waals surface area contributed by atoms with Crippen LogP contribution in [0.25, 0.3) is 5.57 Å². The topological polar surface area (TPSA) is 26.3 Å². The fraction of sp³-hybridized carbons (Fsp3) is 0.361. The summed E-state index contributed by atoms with van der Waals surface area (Å²) < 4.78 is 7.02. The molecule has 0 saturated heterocycles. The molecule has 0 aromatic heterocycles. The lowest BCUT2D eigenvalue weighted by Crippen LogP contribution is -2.44. The Kier molecular flexibility index (Phi) is 8.58. The zero-order valence-electron chi connectivity index (χ0n) is 22.7. The SMILES string of the molecule is CCCCCC1CCC(C2(Oc3ccccc3C(=O)c3ccccc3)C=CC(c3ccccc3)=CC2)CC1. The molecule has 3 aromatic carbocycles. The Bertz CT molecular complexity index is 1250. The predicted molar refractivity (Wildman–Crippen MR) is 157 cm³/mol. The standard InChI is InChI=1S/C36H40O2/c1-2-3-6-13-28-20-22-32(23-21-28)36(26-24-30(25-27-36)29-14-7-4-8-15-29)38-34-19-12-11-18-33(34)35(37)31-16-9-5-10-17-31/h4-5,7-12,14-19,24-26,28,32H,2-3,6,13,20-23,27H2,1H3. The lowest BCUT2D eigenvalue weighted by Gasteiger charge is -2.43. The number of carbonyl (C=O) groups excluding carboxylic acids is 1. The van der Waals surface area contributed by atoms with Crippen molar-refractivity contribution in [2.75, 3.05) is 0 Å². The first kappa shape index (κ1) is 26.2. The zero-order valence-corrected chi connectivity index (χ0v) is 22.7. The van der Waals surface area contributed by atoms with E-state index in [-0.39, 0.29) is 5.78 Å². The van der Waals surface area contributed by atoms with E-state index in [1.807, 2.05) is 54.6 Å². The number of hydrogen-bond acceptors (Lipinski definition) is 2. The molecule has 3 aromatic rings. The Hall–Kier alpha value is -3.39. The van der Waals surface area contributed by atoms with Crippen molar-refractivity contribution in [1.29, 1.82) is 0 Å². The van der Waals surface area contributed by atoms with Crippen LogP contribution < -0.4 is 4.74 Å². The summed E-state index contributed by atoms with van der Waals surface area (Å²) in [5.74, 6) is 1.96. The van der Waals surface area contributed by atoms with Gasteiger partial charge in [0, 0.05) is 17.9 Å². The number of carbonyl (C=O) groups is 1. The minimum absolute atomic E-state index is 0.0105. The summed E-state index contributed by atoms with van der Waals surface area (Å²) in [4.78, 5) is 13.5. The average molecular weight is 505 g/mol. The first-order chi connectivity index (χ1) is 18.7. The van der Waals surface area contributed by atoms with Crippen molar-refractivity contribution in [3.8, 4) is 5.75 Å². The Balaban J connectivity index is 1.41. The van der Waals surface area contributed by atoms with Crippen LogP contribution in [0.1, 0.15) is 86.2 Å². The zero-order chi connectivity index (χ0) is 26.2. The molecule has 1 unspecified atom stereocenters. The molecular formula is C36H40O2. The third kappa shape index (κ3) is 6.01. The van der Waals surface area contributed by atoms with E-state index in [1.165, 1.54) is 62.5 Å². The highest BCUT2D eigenvalue weighted by atomic mass is 16.5. The highest BCUT2D eigenvalue weighted by molar-refractivity contribution is 6.10. The summed E-state index contributed by atoms with van der Waals surface area (Å²) in [6.07, 6.45) is 17.9. The van der Waals surface area contributed by atoms with Gasteiger partial charge in [0.1, 0.15) is 11.4 Å². The van der Waals surface area contributed by atoms with E-state index in [9.17, 15) is 4.79 Å². The number of rotatable bonds is 10. The number of benzene rings is 3. The van der Waals surface area contributed by atoms with Gasteiger partial charge in [-0.15, -0.1) is 0 Å². The van der Waals surface area contributed by atoms with Gasteiger partial charge in [-0.05, 0) is 48.1 Å². The molecule has 0 aliphatic heterocycles. The third-order valence-electron chi connectivity index (χ3n) is 8.51. The van der Waals surface area contributed by atoms with E-state index in [0.717, 1.165) is 12.3 Å². The molecule has 196 valence electrons. The summed E-state index contributed by atoms with van der Waals surface area (Å²) in [6, 6.07) is 27.9. The van der Waals surface area contributed by atoms with Crippen LogP contribution in [0.5, 0.6) is 5.75 Å². The van der Waals surface area contributed by atoms with Crippen molar-refractivity contribution < 1.29 is 9.53 Å². The molecule has 0 N–H and O–H groups in total. The second kappa shape index (κ2) is 12.4. The van der Waals surface area contributed by atoms with Crippen molar-refractivity contribution in [3.05, 3.63) is 120 Å². The van der Waals surface area contributed by atoms with E-state index in [2.05, 4.69) is 55.5 Å². The monoisotopic (exact) mass is 504 g/mol. The van der Waals surface area contributed by atoms with Gasteiger partial charge in [0.05, 0.1) is 5.56 Å². The number of ketones is 1. The Morgan fingerprint density at radius 3 is 2.21 bits per heavy atom. The molecule has 0 amide bonds. The van der Waals surface area contributed by atoms with Gasteiger partial charge in [0.2, 0.25) is 0 Å². The Morgan fingerprint density at radius 1 is 0.842 bits per heavy atom. The minimum Gasteiger partial charge on any atom is -0.482 e. The van der Waals surface area contributed by atoms with Gasteiger partial charge in [0.25, 0.3) is 0 Å². The summed E-state index contributed by atoms with van der Waals surface area (Å²) >= 11 is 0. The molecule has 0 bridgehead atoms. The number of ether oxygens (including phenoxy) is 1. The molecule has 0 heterocycles. The highest BCUT2D eigenvalue weighted by Crippen LogP contribution is 2.45. The average Bonchev–Trinajstić information content (AvgIpc) is 2.99. The molecule has 2 heteroatoms. The summed E-state index contributed by atoms with van der Waals surface area (Å²) in [6.45, 7) is 2.28. The van der Waals surface area contributed by atoms with Crippen LogP contribution in [0.2, 0.25) is 0 Å². The maximum Gasteiger partial charge on any atom is 0.196 e. The minimum atomic E-state index is -0.445. The lowest BCUT2D eigenvalue weighted by atomic mass is 9.69. The van der Waals surface area contributed by atoms with Crippen LogP contribution in [-0.2, 0) is 0 Å². The lowest BCUT2D eigenvalue weighted by molar-refractivity contribution is 0.0269. The smallest absolute Gasteiger partial charge is 0.196 e. The molecule has 1 atom stereocenters. The maximum atomic E-state index is 13.5. The Labute approximate surface area is 228 Å². The Morgan fingerprint density at radius 2 is 1.53 bits per heavy atom. The number of unbranched alkanes of at least 4 members (excludes halogenated alkanes) is 2. The fourth-order valence-electron chi connectivity index (χ4n) is 6.26. The molecule has 2 nitrogen and oxygen atoms in total. The van der Waals surface area contributed by atoms with Gasteiger partial charge >= 0.3 is 0 Å². The molecule has 2 aliphatic carbocycles. The highest BCUT2D eigenvalue weighted by Gasteiger charge is 2.42. The largest absolute Gasteiger partial charge is 0.482 e. The summed E-state index contributed by atoms with van der Waals surface area (Å²) in [5.41, 5.74) is 3.36. The molecule has 2 aliphatic rings. The molecule has 5 rings (SSSR count). The molecule has 38 heavy (non-hydrogen) atoms. The van der Waals surface area contributed by atoms with E-state index in [0.29, 0.717) is 22.8 Å². The van der Waals surface area contributed by atoms with Crippen molar-refractivity contribution in [2.45, 2.75) is 70.3 Å². The first-order valence-corrected chi connectivity index (χ1v) is 14.5. The van der Waals surface area contributed by atoms with Gasteiger partial charge in [-0.25, -0.2) is 0 Å². The molecule has 1 saturated carbocycles. The second-order valence-electron chi connectivity index (χ2n) is 11.0. The first-order valence-electron chi connectivity index (χ1n) is 14.5. The van der Waals surface area contributed by atoms with Crippen LogP contribution in [-0.4, -0.2) is 11.4 Å². The quantitative estimate of drug-likeness (QED) is 0.203. The molecular weight excluding hydrogens is 464 g/mol. The number of allylic oxidation sites excluding steroid dienone is 2. The van der Waals surface area contributed by atoms with Crippen molar-refractivity contribution in [3.63, 3.8) is 0 Å². The normalized spacial score (nSPS) is 23.0. The summed E-state index contributed by atoms with van der Waals surface area (Å²) in [5, 5.41) is 0. The van der Waals surface area contributed by atoms with Crippen molar-refractivity contribution in [1.82, 2.24) is 0 Å². The molecule has 0 spiro atoms. The van der Waals surface area contributed by atoms with Crippen LogP contribution in [0.15, 0.2) is 103 Å². The summed E-state index contributed by atoms with van der Waals surface area (Å²) in [7, 11) is 0. The third-order valence-corrected chi connectivity index (χ3v) is 8.51. The van der Waals surface area contributed by atoms with Gasteiger partial charge in [-0.2, -0.15) is 0 Å². The van der Waals surface area contributed by atoms with E-state index in [1.54, 1.807) is 0 Å². The van der Waals surface area contributed by atoms with Gasteiger partial charge in [-0.1, -0.05) is 130 Å². The molecule has 1 fully saturated rings. The van der Waals surface area contributed by atoms with Crippen LogP contribution in [0.3, 0.4) is 0 Å². The van der Waals surface area contributed by atoms with Gasteiger partial charge < -0.3 is 4.74 Å². The van der Waals surface area contributed by atoms with Crippen molar-refractivity contribution in [2.24, 2.45) is 11.8 Å². The maximum absolute atomic E-state index is 13.5. The number of para-hydroxylation sites is 1. The fourth-order valence-corrected chi connectivity index (χ4v) is 6.26. The van der Waals surface area contributed by atoms with Crippen LogP contribution in [0.4, 0.5) is 0 Å². The van der Waals surface area contributed by atoms with E-state index in [4.69, 9.17) is 4.74 Å². The van der Waals surface area contributed by atoms with Gasteiger partial charge in [0.15, 0.2) is 5.78 Å². The number of hydrogen-bond donors (Lipinski definition) is 0. The predicted octanol–water partition coefficient (Wildman–Crippen LogP) is 9.47. The van der Waals surface area contributed by atoms with Crippen LogP contribution in [0, 0.1) is 11.8 Å². The van der Waals surface area contributed by atoms with E-state index >= 15 is 0 Å². The van der Waals surface area contributed by atoms with E-state index < -0.39 is 5.60 Å².